The number of piperazine rings is 1. The Morgan fingerprint density at radius 3 is 2.29 bits per heavy atom. The maximum Gasteiger partial charge on any atom is 0.417 e. The van der Waals surface area contributed by atoms with Gasteiger partial charge in [-0.25, -0.2) is 4.39 Å². The van der Waals surface area contributed by atoms with Crippen molar-refractivity contribution in [2.75, 3.05) is 26.2 Å². The molecule has 8 heteroatoms. The van der Waals surface area contributed by atoms with Gasteiger partial charge in [0, 0.05) is 26.2 Å². The number of amides is 2. The molecule has 0 saturated carbocycles. The fourth-order valence-corrected chi connectivity index (χ4v) is 2.14. The van der Waals surface area contributed by atoms with E-state index in [0.717, 1.165) is 0 Å². The molecule has 4 nitrogen and oxygen atoms in total. The van der Waals surface area contributed by atoms with Crippen molar-refractivity contribution in [3.05, 3.63) is 35.1 Å². The molecule has 0 aliphatic carbocycles. The smallest absolute Gasteiger partial charge is 0.342 e. The number of rotatable bonds is 2. The number of carbonyl (C=O) groups is 2. The Morgan fingerprint density at radius 1 is 1.14 bits per heavy atom. The van der Waals surface area contributed by atoms with Crippen molar-refractivity contribution in [3.8, 4) is 0 Å². The molecule has 0 radical (unpaired) electrons. The molecule has 1 aliphatic rings. The molecule has 1 aliphatic heterocycles. The van der Waals surface area contributed by atoms with E-state index < -0.39 is 29.0 Å². The van der Waals surface area contributed by atoms with Crippen LogP contribution < -0.4 is 0 Å². The molecule has 0 atom stereocenters. The van der Waals surface area contributed by atoms with Gasteiger partial charge in [0.2, 0.25) is 6.41 Å². The topological polar surface area (TPSA) is 40.6 Å². The lowest BCUT2D eigenvalue weighted by molar-refractivity contribution is -0.138. The number of carbonyl (C=O) groups excluding carboxylic acids is 2. The first-order chi connectivity index (χ1) is 9.82. The zero-order valence-electron chi connectivity index (χ0n) is 10.9. The average molecular weight is 304 g/mol. The lowest BCUT2D eigenvalue weighted by atomic mass is 10.0. The highest BCUT2D eigenvalue weighted by molar-refractivity contribution is 5.96. The number of halogens is 4. The summed E-state index contributed by atoms with van der Waals surface area (Å²) in [5.41, 5.74) is -1.87. The molecule has 2 rings (SSSR count). The van der Waals surface area contributed by atoms with Crippen molar-refractivity contribution in [2.24, 2.45) is 0 Å². The SMILES string of the molecule is O=CN1CCN(C(=O)c2cc(F)ccc2C(F)(F)F)CC1. The van der Waals surface area contributed by atoms with Crippen LogP contribution in [0, 0.1) is 5.82 Å². The van der Waals surface area contributed by atoms with E-state index in [1.807, 2.05) is 0 Å². The van der Waals surface area contributed by atoms with Gasteiger partial charge in [-0.15, -0.1) is 0 Å². The number of benzene rings is 1. The van der Waals surface area contributed by atoms with Gasteiger partial charge in [0.05, 0.1) is 11.1 Å². The molecule has 2 amide bonds. The summed E-state index contributed by atoms with van der Waals surface area (Å²) in [5, 5.41) is 0. The second-order valence-electron chi connectivity index (χ2n) is 4.62. The molecule has 21 heavy (non-hydrogen) atoms. The summed E-state index contributed by atoms with van der Waals surface area (Å²) in [6.07, 6.45) is -4.12. The second-order valence-corrected chi connectivity index (χ2v) is 4.62. The third kappa shape index (κ3) is 3.32. The summed E-state index contributed by atoms with van der Waals surface area (Å²) in [6, 6.07) is 1.82. The summed E-state index contributed by atoms with van der Waals surface area (Å²) in [7, 11) is 0. The monoisotopic (exact) mass is 304 g/mol. The molecule has 1 fully saturated rings. The van der Waals surface area contributed by atoms with Crippen molar-refractivity contribution in [1.29, 1.82) is 0 Å². The Kier molecular flexibility index (Phi) is 4.15. The first-order valence-electron chi connectivity index (χ1n) is 6.18. The van der Waals surface area contributed by atoms with Crippen LogP contribution in [-0.4, -0.2) is 48.3 Å². The van der Waals surface area contributed by atoms with Gasteiger partial charge in [-0.05, 0) is 18.2 Å². The van der Waals surface area contributed by atoms with Crippen LogP contribution >= 0.6 is 0 Å². The van der Waals surface area contributed by atoms with Crippen molar-refractivity contribution >= 4 is 12.3 Å². The van der Waals surface area contributed by atoms with Crippen LogP contribution in [0.25, 0.3) is 0 Å². The van der Waals surface area contributed by atoms with Crippen molar-refractivity contribution in [3.63, 3.8) is 0 Å². The van der Waals surface area contributed by atoms with E-state index in [9.17, 15) is 27.2 Å². The Morgan fingerprint density at radius 2 is 1.76 bits per heavy atom. The van der Waals surface area contributed by atoms with Crippen LogP contribution in [0.3, 0.4) is 0 Å². The summed E-state index contributed by atoms with van der Waals surface area (Å²) in [6.45, 7) is 0.717. The Hall–Kier alpha value is -2.12. The lowest BCUT2D eigenvalue weighted by Gasteiger charge is -2.33. The highest BCUT2D eigenvalue weighted by Crippen LogP contribution is 2.33. The molecule has 1 aromatic carbocycles. The van der Waals surface area contributed by atoms with Crippen molar-refractivity contribution in [1.82, 2.24) is 9.80 Å². The van der Waals surface area contributed by atoms with Gasteiger partial charge in [-0.1, -0.05) is 0 Å². The van der Waals surface area contributed by atoms with E-state index in [2.05, 4.69) is 0 Å². The van der Waals surface area contributed by atoms with Crippen LogP contribution in [0.5, 0.6) is 0 Å². The zero-order chi connectivity index (χ0) is 15.6. The highest BCUT2D eigenvalue weighted by Gasteiger charge is 2.36. The van der Waals surface area contributed by atoms with E-state index in [-0.39, 0.29) is 26.2 Å². The molecule has 1 saturated heterocycles. The molecule has 0 spiro atoms. The third-order valence-electron chi connectivity index (χ3n) is 3.27. The van der Waals surface area contributed by atoms with Crippen LogP contribution in [0.1, 0.15) is 15.9 Å². The number of nitrogens with zero attached hydrogens (tertiary/aromatic N) is 2. The summed E-state index contributed by atoms with van der Waals surface area (Å²) in [4.78, 5) is 25.3. The van der Waals surface area contributed by atoms with Gasteiger partial charge in [0.25, 0.3) is 5.91 Å². The Balaban J connectivity index is 2.27. The summed E-state index contributed by atoms with van der Waals surface area (Å²) < 4.78 is 51.8. The first kappa shape index (κ1) is 15.3. The molecule has 1 aromatic rings. The van der Waals surface area contributed by atoms with Crippen LogP contribution in [-0.2, 0) is 11.0 Å². The minimum atomic E-state index is -4.73. The number of alkyl halides is 3. The van der Waals surface area contributed by atoms with Gasteiger partial charge in [0.1, 0.15) is 5.82 Å². The fourth-order valence-electron chi connectivity index (χ4n) is 2.14. The molecule has 1 heterocycles. The minimum absolute atomic E-state index is 0.116. The Bertz CT molecular complexity index is 552. The number of hydrogen-bond acceptors (Lipinski definition) is 2. The van der Waals surface area contributed by atoms with Gasteiger partial charge in [-0.2, -0.15) is 13.2 Å². The lowest BCUT2D eigenvalue weighted by Crippen LogP contribution is -2.48. The Labute approximate surface area is 117 Å². The standard InChI is InChI=1S/C13H12F4N2O2/c14-9-1-2-11(13(15,16)17)10(7-9)12(21)19-5-3-18(8-20)4-6-19/h1-2,7-8H,3-6H2. The zero-order valence-corrected chi connectivity index (χ0v) is 10.9. The average Bonchev–Trinajstić information content (AvgIpc) is 2.45. The van der Waals surface area contributed by atoms with E-state index in [1.54, 1.807) is 0 Å². The molecule has 114 valence electrons. The maximum absolute atomic E-state index is 13.2. The van der Waals surface area contributed by atoms with Crippen LogP contribution in [0.2, 0.25) is 0 Å². The van der Waals surface area contributed by atoms with Crippen molar-refractivity contribution in [2.45, 2.75) is 6.18 Å². The highest BCUT2D eigenvalue weighted by atomic mass is 19.4. The summed E-state index contributed by atoms with van der Waals surface area (Å²) >= 11 is 0. The predicted molar refractivity (Wildman–Crippen MR) is 64.9 cm³/mol. The van der Waals surface area contributed by atoms with Gasteiger partial charge in [0.15, 0.2) is 0 Å². The molecule has 0 aromatic heterocycles. The minimum Gasteiger partial charge on any atom is -0.342 e. The second kappa shape index (κ2) is 5.71. The van der Waals surface area contributed by atoms with E-state index in [4.69, 9.17) is 0 Å². The van der Waals surface area contributed by atoms with E-state index in [0.29, 0.717) is 24.6 Å². The van der Waals surface area contributed by atoms with Crippen LogP contribution in [0.15, 0.2) is 18.2 Å². The normalized spacial score (nSPS) is 16.0. The molecule has 0 unspecified atom stereocenters. The van der Waals surface area contributed by atoms with Crippen molar-refractivity contribution < 1.29 is 27.2 Å². The number of hydrogen-bond donors (Lipinski definition) is 0. The van der Waals surface area contributed by atoms with E-state index in [1.165, 1.54) is 9.80 Å². The molecule has 0 bridgehead atoms. The third-order valence-corrected chi connectivity index (χ3v) is 3.27. The van der Waals surface area contributed by atoms with Gasteiger partial charge >= 0.3 is 6.18 Å². The van der Waals surface area contributed by atoms with Crippen LogP contribution in [0.4, 0.5) is 17.6 Å². The maximum atomic E-state index is 13.2. The fraction of sp³-hybridized carbons (Fsp3) is 0.385. The quantitative estimate of drug-likeness (QED) is 0.617. The predicted octanol–water partition coefficient (Wildman–Crippen LogP) is 1.76. The molecule has 0 N–H and O–H groups in total. The largest absolute Gasteiger partial charge is 0.417 e. The molecular formula is C13H12F4N2O2. The summed E-state index contributed by atoms with van der Waals surface area (Å²) in [5.74, 6) is -1.79. The van der Waals surface area contributed by atoms with Gasteiger partial charge in [-0.3, -0.25) is 9.59 Å². The van der Waals surface area contributed by atoms with E-state index >= 15 is 0 Å². The van der Waals surface area contributed by atoms with Gasteiger partial charge < -0.3 is 9.80 Å². The first-order valence-corrected chi connectivity index (χ1v) is 6.18. The molecular weight excluding hydrogens is 292 g/mol.